The average Bonchev–Trinajstić information content (AvgIpc) is 2.29. The average molecular weight is 208 g/mol. The summed E-state index contributed by atoms with van der Waals surface area (Å²) in [5.41, 5.74) is 13.3. The van der Waals surface area contributed by atoms with Gasteiger partial charge < -0.3 is 11.5 Å². The molecule has 0 saturated carbocycles. The molecule has 0 aliphatic carbocycles. The Morgan fingerprint density at radius 3 is 2.38 bits per heavy atom. The molecule has 0 radical (unpaired) electrons. The quantitative estimate of drug-likeness (QED) is 0.440. The number of anilines is 2. The van der Waals surface area contributed by atoms with Crippen LogP contribution in [0.4, 0.5) is 11.4 Å². The van der Waals surface area contributed by atoms with Crippen molar-refractivity contribution in [3.05, 3.63) is 48.5 Å². The maximum atomic E-state index is 6.04. The molecule has 0 aliphatic heterocycles. The highest BCUT2D eigenvalue weighted by Crippen LogP contribution is 2.31. The van der Waals surface area contributed by atoms with Crippen molar-refractivity contribution in [1.82, 2.24) is 0 Å². The van der Waals surface area contributed by atoms with Gasteiger partial charge in [0.05, 0.1) is 0 Å². The van der Waals surface area contributed by atoms with Crippen LogP contribution in [0.2, 0.25) is 0 Å². The molecule has 78 valence electrons. The third-order valence-corrected chi connectivity index (χ3v) is 2.92. The molecule has 3 aromatic carbocycles. The number of hydrogen-bond acceptors (Lipinski definition) is 2. The number of fused-ring (bicyclic) bond motifs is 3. The summed E-state index contributed by atoms with van der Waals surface area (Å²) in [6, 6.07) is 16.1. The molecule has 0 heterocycles. The number of nitrogens with two attached hydrogens (primary N) is 2. The minimum Gasteiger partial charge on any atom is -0.399 e. The molecule has 0 saturated heterocycles. The van der Waals surface area contributed by atoms with Gasteiger partial charge in [-0.05, 0) is 34.4 Å². The van der Waals surface area contributed by atoms with Gasteiger partial charge in [-0.25, -0.2) is 0 Å². The number of hydrogen-bond donors (Lipinski definition) is 2. The molecule has 4 N–H and O–H groups in total. The lowest BCUT2D eigenvalue weighted by Crippen LogP contribution is -1.90. The predicted molar refractivity (Wildman–Crippen MR) is 70.3 cm³/mol. The monoisotopic (exact) mass is 208 g/mol. The lowest BCUT2D eigenvalue weighted by molar-refractivity contribution is 1.73. The standard InChI is InChI=1S/C14H12N2/c15-10-5-6-12-11-4-2-1-3-9(11)7-14(16)13(12)8-10/h1-8H,15-16H2. The molecule has 0 unspecified atom stereocenters. The van der Waals surface area contributed by atoms with Crippen LogP contribution in [-0.4, -0.2) is 0 Å². The minimum atomic E-state index is 0.745. The Labute approximate surface area is 93.5 Å². The zero-order valence-corrected chi connectivity index (χ0v) is 8.77. The SMILES string of the molecule is Nc1ccc2c(c1)c(N)cc1ccccc12. The zero-order chi connectivity index (χ0) is 11.1. The summed E-state index contributed by atoms with van der Waals surface area (Å²) < 4.78 is 0. The van der Waals surface area contributed by atoms with Crippen LogP contribution < -0.4 is 11.5 Å². The van der Waals surface area contributed by atoms with Gasteiger partial charge >= 0.3 is 0 Å². The minimum absolute atomic E-state index is 0.745. The van der Waals surface area contributed by atoms with Gasteiger partial charge in [-0.3, -0.25) is 0 Å². The molecule has 0 bridgehead atoms. The largest absolute Gasteiger partial charge is 0.399 e. The maximum Gasteiger partial charge on any atom is 0.0400 e. The molecular weight excluding hydrogens is 196 g/mol. The Hall–Kier alpha value is -2.22. The molecular formula is C14H12N2. The van der Waals surface area contributed by atoms with Crippen molar-refractivity contribution < 1.29 is 0 Å². The van der Waals surface area contributed by atoms with Crippen LogP contribution in [0, 0.1) is 0 Å². The lowest BCUT2D eigenvalue weighted by Gasteiger charge is -2.07. The Balaban J connectivity index is 2.59. The summed E-state index contributed by atoms with van der Waals surface area (Å²) in [6.07, 6.45) is 0. The second kappa shape index (κ2) is 3.14. The molecule has 2 heteroatoms. The van der Waals surface area contributed by atoms with Gasteiger partial charge in [-0.1, -0.05) is 30.3 Å². The second-order valence-corrected chi connectivity index (χ2v) is 3.99. The Morgan fingerprint density at radius 2 is 1.50 bits per heavy atom. The van der Waals surface area contributed by atoms with Crippen LogP contribution in [0.5, 0.6) is 0 Å². The van der Waals surface area contributed by atoms with E-state index in [-0.39, 0.29) is 0 Å². The van der Waals surface area contributed by atoms with Crippen molar-refractivity contribution in [2.75, 3.05) is 11.5 Å². The van der Waals surface area contributed by atoms with E-state index in [1.807, 2.05) is 36.4 Å². The highest BCUT2D eigenvalue weighted by atomic mass is 14.6. The molecule has 16 heavy (non-hydrogen) atoms. The normalized spacial score (nSPS) is 11.0. The van der Waals surface area contributed by atoms with E-state index in [1.54, 1.807) is 0 Å². The van der Waals surface area contributed by atoms with E-state index in [0.717, 1.165) is 27.5 Å². The highest BCUT2D eigenvalue weighted by Gasteiger charge is 2.03. The summed E-state index contributed by atoms with van der Waals surface area (Å²) in [7, 11) is 0. The van der Waals surface area contributed by atoms with E-state index in [0.29, 0.717) is 0 Å². The van der Waals surface area contributed by atoms with Gasteiger partial charge in [0.1, 0.15) is 0 Å². The van der Waals surface area contributed by atoms with E-state index in [2.05, 4.69) is 12.1 Å². The molecule has 0 amide bonds. The molecule has 0 fully saturated rings. The topological polar surface area (TPSA) is 52.0 Å². The first kappa shape index (κ1) is 9.04. The Bertz CT molecular complexity index is 687. The van der Waals surface area contributed by atoms with Crippen LogP contribution in [0.25, 0.3) is 21.5 Å². The van der Waals surface area contributed by atoms with E-state index >= 15 is 0 Å². The number of nitrogen functional groups attached to an aromatic ring is 2. The van der Waals surface area contributed by atoms with Gasteiger partial charge in [0.15, 0.2) is 0 Å². The van der Waals surface area contributed by atoms with Crippen LogP contribution >= 0.6 is 0 Å². The van der Waals surface area contributed by atoms with Gasteiger partial charge in [-0.15, -0.1) is 0 Å². The first-order valence-corrected chi connectivity index (χ1v) is 5.22. The summed E-state index contributed by atoms with van der Waals surface area (Å²) in [6.45, 7) is 0. The third kappa shape index (κ3) is 1.20. The predicted octanol–water partition coefficient (Wildman–Crippen LogP) is 3.16. The Morgan fingerprint density at radius 1 is 0.688 bits per heavy atom. The molecule has 0 spiro atoms. The van der Waals surface area contributed by atoms with Crippen molar-refractivity contribution in [2.45, 2.75) is 0 Å². The number of rotatable bonds is 0. The molecule has 0 aliphatic rings. The third-order valence-electron chi connectivity index (χ3n) is 2.92. The van der Waals surface area contributed by atoms with Crippen molar-refractivity contribution in [2.24, 2.45) is 0 Å². The van der Waals surface area contributed by atoms with Crippen LogP contribution in [0.3, 0.4) is 0 Å². The lowest BCUT2D eigenvalue weighted by atomic mass is 10.00. The highest BCUT2D eigenvalue weighted by molar-refractivity contribution is 6.13. The van der Waals surface area contributed by atoms with Crippen molar-refractivity contribution in [1.29, 1.82) is 0 Å². The zero-order valence-electron chi connectivity index (χ0n) is 8.77. The molecule has 3 aromatic rings. The van der Waals surface area contributed by atoms with E-state index in [9.17, 15) is 0 Å². The smallest absolute Gasteiger partial charge is 0.0400 e. The van der Waals surface area contributed by atoms with E-state index < -0.39 is 0 Å². The van der Waals surface area contributed by atoms with Crippen LogP contribution in [0.15, 0.2) is 48.5 Å². The summed E-state index contributed by atoms with van der Waals surface area (Å²) in [5, 5.41) is 4.56. The Kier molecular flexibility index (Phi) is 1.77. The van der Waals surface area contributed by atoms with E-state index in [1.165, 1.54) is 5.39 Å². The summed E-state index contributed by atoms with van der Waals surface area (Å²) >= 11 is 0. The van der Waals surface area contributed by atoms with Crippen molar-refractivity contribution in [3.63, 3.8) is 0 Å². The first-order valence-electron chi connectivity index (χ1n) is 5.22. The van der Waals surface area contributed by atoms with Crippen LogP contribution in [-0.2, 0) is 0 Å². The van der Waals surface area contributed by atoms with Crippen molar-refractivity contribution >= 4 is 32.9 Å². The molecule has 0 atom stereocenters. The first-order chi connectivity index (χ1) is 7.75. The summed E-state index contributed by atoms with van der Waals surface area (Å²) in [4.78, 5) is 0. The van der Waals surface area contributed by atoms with E-state index in [4.69, 9.17) is 11.5 Å². The fourth-order valence-corrected chi connectivity index (χ4v) is 2.15. The van der Waals surface area contributed by atoms with Crippen molar-refractivity contribution in [3.8, 4) is 0 Å². The van der Waals surface area contributed by atoms with Crippen LogP contribution in [0.1, 0.15) is 0 Å². The molecule has 2 nitrogen and oxygen atoms in total. The van der Waals surface area contributed by atoms with Gasteiger partial charge in [0.25, 0.3) is 0 Å². The second-order valence-electron chi connectivity index (χ2n) is 3.99. The molecule has 3 rings (SSSR count). The van der Waals surface area contributed by atoms with Gasteiger partial charge in [-0.2, -0.15) is 0 Å². The summed E-state index contributed by atoms with van der Waals surface area (Å²) in [5.74, 6) is 0. The fourth-order valence-electron chi connectivity index (χ4n) is 2.15. The maximum absolute atomic E-state index is 6.04. The fraction of sp³-hybridized carbons (Fsp3) is 0. The van der Waals surface area contributed by atoms with Gasteiger partial charge in [0.2, 0.25) is 0 Å². The van der Waals surface area contributed by atoms with Gasteiger partial charge in [0, 0.05) is 16.8 Å². The molecule has 0 aromatic heterocycles. The number of benzene rings is 3.